The zero-order chi connectivity index (χ0) is 25.9. The summed E-state index contributed by atoms with van der Waals surface area (Å²) in [4.78, 5) is 53.4. The topological polar surface area (TPSA) is 104 Å². The summed E-state index contributed by atoms with van der Waals surface area (Å²) < 4.78 is 13.4. The highest BCUT2D eigenvalue weighted by Crippen LogP contribution is 2.37. The smallest absolute Gasteiger partial charge is 0.263 e. The van der Waals surface area contributed by atoms with Crippen molar-refractivity contribution in [3.8, 4) is 0 Å². The van der Waals surface area contributed by atoms with Gasteiger partial charge in [-0.05, 0) is 77.0 Å². The summed E-state index contributed by atoms with van der Waals surface area (Å²) in [6.45, 7) is 5.98. The van der Waals surface area contributed by atoms with Crippen molar-refractivity contribution in [2.75, 3.05) is 19.3 Å². The molecule has 1 heterocycles. The highest BCUT2D eigenvalue weighted by molar-refractivity contribution is 7.92. The molecule has 35 heavy (non-hydrogen) atoms. The minimum absolute atomic E-state index is 0.177. The normalized spacial score (nSPS) is 20.3. The number of rotatable bonds is 10. The zero-order valence-electron chi connectivity index (χ0n) is 20.9. The largest absolute Gasteiger partial charge is 0.398 e. The quantitative estimate of drug-likeness (QED) is 0.221. The van der Waals surface area contributed by atoms with E-state index in [9.17, 15) is 23.1 Å². The number of halogens is 1. The minimum atomic E-state index is -1.06. The van der Waals surface area contributed by atoms with Crippen LogP contribution in [0.4, 0.5) is 9.57 Å². The average molecular weight is 507 g/mol. The maximum atomic E-state index is 13.4. The number of benzene rings is 1. The van der Waals surface area contributed by atoms with Gasteiger partial charge in [0.2, 0.25) is 6.41 Å². The predicted molar refractivity (Wildman–Crippen MR) is 134 cm³/mol. The molecule has 0 unspecified atom stereocenters. The summed E-state index contributed by atoms with van der Waals surface area (Å²) in [6, 6.07) is 3.40. The molecular weight excluding hydrogens is 471 g/mol. The first-order chi connectivity index (χ1) is 16.6. The van der Waals surface area contributed by atoms with Gasteiger partial charge < -0.3 is 5.73 Å². The number of amides is 4. The Balaban J connectivity index is 1.66. The van der Waals surface area contributed by atoms with E-state index in [-0.39, 0.29) is 30.2 Å². The Morgan fingerprint density at radius 2 is 1.83 bits per heavy atom. The lowest BCUT2D eigenvalue weighted by Crippen LogP contribution is -2.54. The third-order valence-electron chi connectivity index (χ3n) is 7.55. The fraction of sp³-hybridized carbons (Fsp3) is 0.600. The minimum Gasteiger partial charge on any atom is -0.398 e. The van der Waals surface area contributed by atoms with Crippen molar-refractivity contribution in [2.24, 2.45) is 5.92 Å². The van der Waals surface area contributed by atoms with Crippen LogP contribution in [0.5, 0.6) is 0 Å². The number of nitrogens with two attached hydrogens (primary N) is 1. The summed E-state index contributed by atoms with van der Waals surface area (Å²) in [5.41, 5.74) is 7.09. The van der Waals surface area contributed by atoms with Crippen LogP contribution in [0.3, 0.4) is 0 Å². The molecule has 0 saturated heterocycles. The van der Waals surface area contributed by atoms with Gasteiger partial charge in [-0.2, -0.15) is 4.31 Å². The van der Waals surface area contributed by atoms with Gasteiger partial charge in [0.25, 0.3) is 17.7 Å². The van der Waals surface area contributed by atoms with Gasteiger partial charge in [-0.25, -0.2) is 0 Å². The summed E-state index contributed by atoms with van der Waals surface area (Å²) in [6.07, 6.45) is 5.74. The first kappa shape index (κ1) is 27.1. The van der Waals surface area contributed by atoms with Crippen LogP contribution in [0.25, 0.3) is 0 Å². The summed E-state index contributed by atoms with van der Waals surface area (Å²) in [7, 11) is 1.78. The number of nitrogen functional groups attached to an aromatic ring is 1. The third kappa shape index (κ3) is 5.23. The van der Waals surface area contributed by atoms with Gasteiger partial charge >= 0.3 is 0 Å². The van der Waals surface area contributed by atoms with Crippen LogP contribution >= 0.6 is 12.3 Å². The second-order valence-electron chi connectivity index (χ2n) is 10.1. The highest BCUT2D eigenvalue weighted by Gasteiger charge is 2.44. The lowest BCUT2D eigenvalue weighted by molar-refractivity contribution is -0.140. The van der Waals surface area contributed by atoms with Crippen molar-refractivity contribution in [1.29, 1.82) is 0 Å². The number of anilines is 1. The Morgan fingerprint density at radius 3 is 2.40 bits per heavy atom. The van der Waals surface area contributed by atoms with Gasteiger partial charge in [0.15, 0.2) is 12.3 Å². The van der Waals surface area contributed by atoms with Gasteiger partial charge in [0.1, 0.15) is 0 Å². The van der Waals surface area contributed by atoms with Gasteiger partial charge in [0.05, 0.1) is 16.7 Å². The number of imide groups is 2. The molecule has 0 bridgehead atoms. The average Bonchev–Trinajstić information content (AvgIpc) is 3.11. The SMILES string of the molecule is CCCCc1ccc(N)c2c1C(=O)N(C1CCC(CN(C)C(C)(C)C(=O)N(C=O)SF)CC1)C2=O. The summed E-state index contributed by atoms with van der Waals surface area (Å²) in [5.74, 6) is -0.927. The fourth-order valence-corrected chi connectivity index (χ4v) is 5.43. The number of carbonyl (C=O) groups excluding carboxylic acids is 4. The fourth-order valence-electron chi connectivity index (χ4n) is 5.11. The molecule has 0 spiro atoms. The molecule has 0 radical (unpaired) electrons. The van der Waals surface area contributed by atoms with E-state index in [1.54, 1.807) is 27.0 Å². The Kier molecular flexibility index (Phi) is 8.58. The molecule has 0 aromatic heterocycles. The monoisotopic (exact) mass is 506 g/mol. The molecule has 1 aromatic carbocycles. The van der Waals surface area contributed by atoms with Crippen LogP contribution in [-0.4, -0.2) is 63.4 Å². The zero-order valence-corrected chi connectivity index (χ0v) is 21.7. The van der Waals surface area contributed by atoms with E-state index in [1.165, 1.54) is 4.90 Å². The molecule has 0 atom stereocenters. The molecule has 2 N–H and O–H groups in total. The van der Waals surface area contributed by atoms with Crippen molar-refractivity contribution in [3.05, 3.63) is 28.8 Å². The Morgan fingerprint density at radius 1 is 1.20 bits per heavy atom. The summed E-state index contributed by atoms with van der Waals surface area (Å²) in [5, 5.41) is 0. The van der Waals surface area contributed by atoms with Crippen molar-refractivity contribution in [2.45, 2.75) is 77.3 Å². The maximum Gasteiger partial charge on any atom is 0.263 e. The van der Waals surface area contributed by atoms with E-state index in [2.05, 4.69) is 6.92 Å². The first-order valence-electron chi connectivity index (χ1n) is 12.2. The second-order valence-corrected chi connectivity index (χ2v) is 10.6. The molecule has 1 fully saturated rings. The van der Waals surface area contributed by atoms with Gasteiger partial charge in [-0.1, -0.05) is 19.4 Å². The Labute approximate surface area is 210 Å². The molecule has 1 aliphatic heterocycles. The van der Waals surface area contributed by atoms with Gasteiger partial charge in [0, 0.05) is 18.3 Å². The van der Waals surface area contributed by atoms with Crippen LogP contribution in [0, 0.1) is 5.92 Å². The number of likely N-dealkylation sites (N-methyl/N-ethyl adjacent to an activating group) is 1. The van der Waals surface area contributed by atoms with Crippen molar-refractivity contribution >= 4 is 42.2 Å². The van der Waals surface area contributed by atoms with Gasteiger partial charge in [-0.3, -0.25) is 29.0 Å². The molecular formula is C25H35FN4O4S. The molecule has 1 aliphatic carbocycles. The van der Waals surface area contributed by atoms with Crippen LogP contribution in [0.15, 0.2) is 12.1 Å². The molecule has 8 nitrogen and oxygen atoms in total. The van der Waals surface area contributed by atoms with E-state index >= 15 is 0 Å². The number of carbonyl (C=O) groups is 4. The summed E-state index contributed by atoms with van der Waals surface area (Å²) >= 11 is -0.405. The van der Waals surface area contributed by atoms with Crippen LogP contribution in [0.1, 0.15) is 85.6 Å². The van der Waals surface area contributed by atoms with Crippen molar-refractivity contribution in [1.82, 2.24) is 14.1 Å². The van der Waals surface area contributed by atoms with Crippen LogP contribution < -0.4 is 5.73 Å². The highest BCUT2D eigenvalue weighted by atomic mass is 32.2. The van der Waals surface area contributed by atoms with Gasteiger partial charge in [-0.15, -0.1) is 3.89 Å². The molecule has 10 heteroatoms. The van der Waals surface area contributed by atoms with E-state index in [1.807, 2.05) is 11.0 Å². The first-order valence-corrected chi connectivity index (χ1v) is 12.8. The van der Waals surface area contributed by atoms with Crippen LogP contribution in [-0.2, 0) is 16.0 Å². The molecule has 1 aromatic rings. The molecule has 4 amide bonds. The van der Waals surface area contributed by atoms with Crippen LogP contribution in [0.2, 0.25) is 0 Å². The number of hydrogen-bond acceptors (Lipinski definition) is 7. The maximum absolute atomic E-state index is 13.4. The standard InChI is InChI=1S/C25H35FN4O4S/c1-5-6-7-17-10-13-19(27)21-20(17)22(32)30(23(21)33)18-11-8-16(9-12-18)14-28(4)25(2,3)24(34)29(15-31)35-26/h10,13,15-16,18H,5-9,11-12,14,27H2,1-4H3. The second kappa shape index (κ2) is 11.1. The van der Waals surface area contributed by atoms with E-state index in [0.29, 0.717) is 40.5 Å². The lowest BCUT2D eigenvalue weighted by Gasteiger charge is -2.40. The number of fused-ring (bicyclic) bond motifs is 1. The van der Waals surface area contributed by atoms with E-state index in [0.717, 1.165) is 37.7 Å². The molecule has 1 saturated carbocycles. The van der Waals surface area contributed by atoms with Crippen molar-refractivity contribution < 1.29 is 23.1 Å². The molecule has 2 aliphatic rings. The number of aryl methyl sites for hydroxylation is 1. The molecule has 192 valence electrons. The number of hydrogen-bond donors (Lipinski definition) is 1. The molecule has 3 rings (SSSR count). The lowest BCUT2D eigenvalue weighted by atomic mass is 9.84. The van der Waals surface area contributed by atoms with Crippen molar-refractivity contribution in [3.63, 3.8) is 0 Å². The predicted octanol–water partition coefficient (Wildman–Crippen LogP) is 3.99. The Hall–Kier alpha value is -2.46. The number of nitrogens with zero attached hydrogens (tertiary/aromatic N) is 3. The Bertz CT molecular complexity index is 994. The number of unbranched alkanes of at least 4 members (excludes halogenated alkanes) is 1. The third-order valence-corrected chi connectivity index (χ3v) is 7.95. The van der Waals surface area contributed by atoms with E-state index < -0.39 is 23.8 Å². The van der Waals surface area contributed by atoms with E-state index in [4.69, 9.17) is 5.73 Å².